The molecule has 4 aromatic rings. The standard InChI is InChI=1S/C20H22N8O2/c1-11-8-30-9-12-4-13(18-15(5-12)27(3)10-23-18)25-17-6-14(21-2)19-22-7-16(20(29)24-11)28(19)26-17/h4-7,10-11,21H,8-9H2,1-3H3,(H,24,29)(H,25,26). The summed E-state index contributed by atoms with van der Waals surface area (Å²) in [6.45, 7) is 2.71. The Morgan fingerprint density at radius 3 is 2.97 bits per heavy atom. The van der Waals surface area contributed by atoms with Crippen molar-refractivity contribution in [2.75, 3.05) is 24.3 Å². The van der Waals surface area contributed by atoms with Gasteiger partial charge in [0.2, 0.25) is 0 Å². The minimum absolute atomic E-state index is 0.170. The second-order valence-electron chi connectivity index (χ2n) is 7.45. The lowest BCUT2D eigenvalue weighted by molar-refractivity contribution is 0.0815. The normalized spacial score (nSPS) is 17.0. The third kappa shape index (κ3) is 3.01. The molecule has 154 valence electrons. The minimum atomic E-state index is -0.256. The molecular weight excluding hydrogens is 384 g/mol. The number of hydrogen-bond acceptors (Lipinski definition) is 7. The number of carbonyl (C=O) groups is 1. The molecule has 1 aliphatic heterocycles. The fraction of sp³-hybridized carbons (Fsp3) is 0.300. The molecule has 1 amide bonds. The van der Waals surface area contributed by atoms with Crippen molar-refractivity contribution in [2.24, 2.45) is 7.05 Å². The molecular formula is C20H22N8O2. The summed E-state index contributed by atoms with van der Waals surface area (Å²) in [5.74, 6) is 0.307. The molecule has 5 rings (SSSR count). The summed E-state index contributed by atoms with van der Waals surface area (Å²) in [7, 11) is 3.77. The fourth-order valence-electron chi connectivity index (χ4n) is 3.67. The molecule has 1 unspecified atom stereocenters. The molecule has 3 N–H and O–H groups in total. The van der Waals surface area contributed by atoms with E-state index in [2.05, 4.69) is 37.1 Å². The van der Waals surface area contributed by atoms with Crippen LogP contribution in [0.5, 0.6) is 0 Å². The van der Waals surface area contributed by atoms with E-state index in [-0.39, 0.29) is 11.9 Å². The highest BCUT2D eigenvalue weighted by molar-refractivity contribution is 5.94. The van der Waals surface area contributed by atoms with Gasteiger partial charge in [0.15, 0.2) is 17.2 Å². The molecule has 0 fully saturated rings. The average Bonchev–Trinajstić information content (AvgIpc) is 3.31. The zero-order valence-corrected chi connectivity index (χ0v) is 16.9. The van der Waals surface area contributed by atoms with Crippen molar-refractivity contribution in [3.63, 3.8) is 0 Å². The van der Waals surface area contributed by atoms with Crippen molar-refractivity contribution in [2.45, 2.75) is 19.6 Å². The smallest absolute Gasteiger partial charge is 0.271 e. The second kappa shape index (κ2) is 6.99. The number of nitrogens with zero attached hydrogens (tertiary/aromatic N) is 5. The summed E-state index contributed by atoms with van der Waals surface area (Å²) >= 11 is 0. The lowest BCUT2D eigenvalue weighted by Gasteiger charge is -2.16. The largest absolute Gasteiger partial charge is 0.385 e. The minimum Gasteiger partial charge on any atom is -0.385 e. The Labute approximate surface area is 172 Å². The number of ether oxygens (including phenoxy) is 1. The number of anilines is 3. The highest BCUT2D eigenvalue weighted by Gasteiger charge is 2.19. The van der Waals surface area contributed by atoms with Gasteiger partial charge >= 0.3 is 0 Å². The van der Waals surface area contributed by atoms with E-state index < -0.39 is 0 Å². The quantitative estimate of drug-likeness (QED) is 0.444. The topological polar surface area (TPSA) is 110 Å². The molecule has 1 aromatic carbocycles. The number of rotatable bonds is 1. The van der Waals surface area contributed by atoms with E-state index >= 15 is 0 Å². The lowest BCUT2D eigenvalue weighted by atomic mass is 10.1. The van der Waals surface area contributed by atoms with E-state index in [0.29, 0.717) is 30.4 Å². The number of benzene rings is 1. The van der Waals surface area contributed by atoms with Gasteiger partial charge in [-0.2, -0.15) is 0 Å². The molecule has 1 atom stereocenters. The van der Waals surface area contributed by atoms with Crippen LogP contribution in [0.4, 0.5) is 17.2 Å². The highest BCUT2D eigenvalue weighted by atomic mass is 16.5. The second-order valence-corrected chi connectivity index (χ2v) is 7.45. The van der Waals surface area contributed by atoms with Gasteiger partial charge < -0.3 is 25.3 Å². The van der Waals surface area contributed by atoms with Crippen LogP contribution < -0.4 is 16.0 Å². The van der Waals surface area contributed by atoms with Gasteiger partial charge in [0.1, 0.15) is 5.52 Å². The average molecular weight is 406 g/mol. The number of carbonyl (C=O) groups excluding carboxylic acids is 1. The van der Waals surface area contributed by atoms with Gasteiger partial charge in [-0.25, -0.2) is 14.5 Å². The predicted octanol–water partition coefficient (Wildman–Crippen LogP) is 2.05. The van der Waals surface area contributed by atoms with Gasteiger partial charge in [0.25, 0.3) is 5.91 Å². The SMILES string of the molecule is CNc1cc2nn3c(cnc13)C(=O)NC(C)COCc1cc(c3ncn(C)c3c1)N2. The Hall–Kier alpha value is -3.66. The van der Waals surface area contributed by atoms with Crippen LogP contribution in [0.25, 0.3) is 16.7 Å². The Morgan fingerprint density at radius 1 is 1.27 bits per heavy atom. The van der Waals surface area contributed by atoms with Gasteiger partial charge in [-0.3, -0.25) is 4.79 Å². The molecule has 10 heteroatoms. The zero-order valence-electron chi connectivity index (χ0n) is 16.9. The molecule has 0 spiro atoms. The van der Waals surface area contributed by atoms with Crippen LogP contribution in [-0.4, -0.2) is 49.8 Å². The van der Waals surface area contributed by atoms with Crippen molar-refractivity contribution >= 4 is 39.8 Å². The molecule has 4 bridgehead atoms. The number of aryl methyl sites for hydroxylation is 1. The van der Waals surface area contributed by atoms with Gasteiger partial charge in [-0.05, 0) is 24.6 Å². The van der Waals surface area contributed by atoms with Crippen molar-refractivity contribution in [1.29, 1.82) is 0 Å². The molecule has 0 saturated heterocycles. The lowest BCUT2D eigenvalue weighted by Crippen LogP contribution is -2.36. The Balaban J connectivity index is 1.72. The van der Waals surface area contributed by atoms with Crippen molar-refractivity contribution in [1.82, 2.24) is 29.5 Å². The van der Waals surface area contributed by atoms with E-state index in [1.54, 1.807) is 10.8 Å². The maximum absolute atomic E-state index is 12.8. The summed E-state index contributed by atoms with van der Waals surface area (Å²) in [4.78, 5) is 21.7. The highest BCUT2D eigenvalue weighted by Crippen LogP contribution is 2.29. The summed E-state index contributed by atoms with van der Waals surface area (Å²) in [5.41, 5.74) is 5.32. The monoisotopic (exact) mass is 406 g/mol. The molecule has 0 saturated carbocycles. The predicted molar refractivity (Wildman–Crippen MR) is 113 cm³/mol. The fourth-order valence-corrected chi connectivity index (χ4v) is 3.67. The number of hydrogen-bond donors (Lipinski definition) is 3. The van der Waals surface area contributed by atoms with Crippen molar-refractivity contribution in [3.05, 3.63) is 42.0 Å². The first-order valence-corrected chi connectivity index (χ1v) is 9.69. The summed E-state index contributed by atoms with van der Waals surface area (Å²) in [6.07, 6.45) is 3.31. The third-order valence-corrected chi connectivity index (χ3v) is 5.14. The molecule has 0 aliphatic carbocycles. The van der Waals surface area contributed by atoms with E-state index in [9.17, 15) is 4.79 Å². The maximum atomic E-state index is 12.8. The first kappa shape index (κ1) is 18.4. The number of nitrogens with one attached hydrogen (secondary N) is 3. The van der Waals surface area contributed by atoms with Crippen LogP contribution in [-0.2, 0) is 18.4 Å². The number of aromatic nitrogens is 5. The Morgan fingerprint density at radius 2 is 2.13 bits per heavy atom. The Bertz CT molecular complexity index is 1280. The summed E-state index contributed by atoms with van der Waals surface area (Å²) < 4.78 is 9.38. The number of imidazole rings is 2. The third-order valence-electron chi connectivity index (χ3n) is 5.14. The van der Waals surface area contributed by atoms with Gasteiger partial charge in [0.05, 0.1) is 42.6 Å². The van der Waals surface area contributed by atoms with Crippen molar-refractivity contribution < 1.29 is 9.53 Å². The Kier molecular flexibility index (Phi) is 4.28. The van der Waals surface area contributed by atoms with Crippen LogP contribution in [0.15, 0.2) is 30.7 Å². The molecule has 4 heterocycles. The first-order valence-electron chi connectivity index (χ1n) is 9.69. The van der Waals surface area contributed by atoms with Crippen molar-refractivity contribution in [3.8, 4) is 0 Å². The van der Waals surface area contributed by atoms with E-state index in [1.165, 1.54) is 6.20 Å². The van der Waals surface area contributed by atoms with Crippen LogP contribution in [0.1, 0.15) is 23.0 Å². The molecule has 1 aliphatic rings. The summed E-state index contributed by atoms with van der Waals surface area (Å²) in [5, 5.41) is 14.1. The summed E-state index contributed by atoms with van der Waals surface area (Å²) in [6, 6.07) is 5.77. The van der Waals surface area contributed by atoms with Gasteiger partial charge in [0, 0.05) is 26.2 Å². The number of fused-ring (bicyclic) bond motifs is 5. The zero-order chi connectivity index (χ0) is 20.8. The maximum Gasteiger partial charge on any atom is 0.271 e. The molecule has 3 aromatic heterocycles. The van der Waals surface area contributed by atoms with E-state index in [1.807, 2.05) is 37.7 Å². The van der Waals surface area contributed by atoms with Gasteiger partial charge in [-0.1, -0.05) is 0 Å². The molecule has 0 radical (unpaired) electrons. The van der Waals surface area contributed by atoms with Crippen LogP contribution in [0.2, 0.25) is 0 Å². The molecule has 30 heavy (non-hydrogen) atoms. The first-order chi connectivity index (χ1) is 14.5. The van der Waals surface area contributed by atoms with Crippen LogP contribution >= 0.6 is 0 Å². The van der Waals surface area contributed by atoms with Crippen LogP contribution in [0, 0.1) is 0 Å². The number of amides is 1. The van der Waals surface area contributed by atoms with E-state index in [4.69, 9.17) is 4.74 Å². The van der Waals surface area contributed by atoms with E-state index in [0.717, 1.165) is 28.0 Å². The van der Waals surface area contributed by atoms with Crippen LogP contribution in [0.3, 0.4) is 0 Å². The molecule has 10 nitrogen and oxygen atoms in total. The van der Waals surface area contributed by atoms with Gasteiger partial charge in [-0.15, -0.1) is 5.10 Å².